The number of hydrogen-bond donors (Lipinski definition) is 6. The van der Waals surface area contributed by atoms with Gasteiger partial charge in [0.05, 0.1) is 30.7 Å². The first-order valence-corrected chi connectivity index (χ1v) is 39.8. The smallest absolute Gasteiger partial charge is 0.247 e. The predicted octanol–water partition coefficient (Wildman–Crippen LogP) is 4.03. The minimum absolute atomic E-state index is 0.00789. The van der Waals surface area contributed by atoms with Crippen LogP contribution in [0, 0.1) is 23.7 Å². The number of benzene rings is 3. The summed E-state index contributed by atoms with van der Waals surface area (Å²) in [5.74, 6) is -9.58. The van der Waals surface area contributed by atoms with E-state index in [2.05, 4.69) is 21.3 Å². The highest BCUT2D eigenvalue weighted by Crippen LogP contribution is 2.27. The van der Waals surface area contributed by atoms with Crippen LogP contribution < -0.4 is 21.3 Å². The zero-order chi connectivity index (χ0) is 84.0. The first-order chi connectivity index (χ1) is 52.6. The number of likely N-dealkylation sites (tertiary alicyclic amines) is 1. The molecule has 16 atom stereocenters. The third-order valence-electron chi connectivity index (χ3n) is 22.7. The maximum atomic E-state index is 16.1. The second-order valence-electron chi connectivity index (χ2n) is 32.5. The number of carbonyl (C=O) groups excluding carboxylic acids is 12. The SMILES string of the molecule is CC[C@H](C)[C@@H]1NC(=O)[C@H](CC(C)C)N(C)C[C@H](C)N(C)C(=O)[C@H]([C@@H](C)O)NC(=O)[C@H](Cc2ccccc2)N(C)C(=O)[C@H](C)N(C)C(=O)[C@@H](C)N(C)C(=O)C[C@@H](C(=O)N(C)[C@@H](Cc2ccccc2)C(=O)N(C)[C@@H](Cc2ccccc2)C(=O)N[C@@H](C)C(=O)N2CCCCC2)NC(=O)[C@H](C(C)C)N(C)C(O)[C@H](CC(C)C)N(C)C1=O. The highest BCUT2D eigenvalue weighted by Gasteiger charge is 2.46. The van der Waals surface area contributed by atoms with Gasteiger partial charge in [-0.3, -0.25) is 67.3 Å². The van der Waals surface area contributed by atoms with E-state index in [1.807, 2.05) is 47.6 Å². The van der Waals surface area contributed by atoms with Gasteiger partial charge in [0.15, 0.2) is 0 Å². The summed E-state index contributed by atoms with van der Waals surface area (Å²) in [5.41, 5.74) is 1.91. The van der Waals surface area contributed by atoms with E-state index >= 15 is 28.8 Å². The molecule has 0 saturated carbocycles. The fraction of sp³-hybridized carbons (Fsp3) is 0.643. The van der Waals surface area contributed by atoms with Gasteiger partial charge >= 0.3 is 0 Å². The van der Waals surface area contributed by atoms with Gasteiger partial charge in [-0.15, -0.1) is 0 Å². The number of nitrogens with one attached hydrogen (secondary N) is 4. The molecule has 5 rings (SSSR count). The van der Waals surface area contributed by atoms with Crippen molar-refractivity contribution >= 4 is 70.9 Å². The summed E-state index contributed by atoms with van der Waals surface area (Å²) in [5, 5.41) is 35.9. The van der Waals surface area contributed by atoms with E-state index in [9.17, 15) is 39.0 Å². The first kappa shape index (κ1) is 93.7. The third-order valence-corrected chi connectivity index (χ3v) is 22.7. The molecule has 28 heteroatoms. The predicted molar refractivity (Wildman–Crippen MR) is 431 cm³/mol. The van der Waals surface area contributed by atoms with Gasteiger partial charge in [0, 0.05) is 94.3 Å². The van der Waals surface area contributed by atoms with Crippen LogP contribution in [-0.4, -0.2) is 304 Å². The molecule has 28 nitrogen and oxygen atoms in total. The van der Waals surface area contributed by atoms with Gasteiger partial charge < -0.3 is 70.7 Å². The van der Waals surface area contributed by atoms with E-state index in [1.165, 1.54) is 96.8 Å². The molecule has 0 radical (unpaired) electrons. The summed E-state index contributed by atoms with van der Waals surface area (Å²) in [6.45, 7) is 23.7. The Morgan fingerprint density at radius 3 is 1.54 bits per heavy atom. The van der Waals surface area contributed by atoms with Crippen molar-refractivity contribution in [2.75, 3.05) is 83.1 Å². The average Bonchev–Trinajstić information content (AvgIpc) is 0.800. The number of rotatable bonds is 21. The average molecular weight is 1560 g/mol. The molecule has 2 saturated heterocycles. The van der Waals surface area contributed by atoms with E-state index in [4.69, 9.17) is 0 Å². The maximum Gasteiger partial charge on any atom is 0.247 e. The Hall–Kier alpha value is -8.86. The third kappa shape index (κ3) is 25.1. The quantitative estimate of drug-likeness (QED) is 0.0877. The molecule has 2 fully saturated rings. The van der Waals surface area contributed by atoms with Crippen molar-refractivity contribution < 1.29 is 67.7 Å². The van der Waals surface area contributed by atoms with Gasteiger partial charge in [-0.25, -0.2) is 0 Å². The largest absolute Gasteiger partial charge is 0.391 e. The molecule has 3 aromatic rings. The minimum Gasteiger partial charge on any atom is -0.391 e. The molecule has 6 N–H and O–H groups in total. The van der Waals surface area contributed by atoms with Crippen molar-refractivity contribution in [3.05, 3.63) is 108 Å². The van der Waals surface area contributed by atoms with Crippen molar-refractivity contribution in [2.24, 2.45) is 23.7 Å². The topological polar surface area (TPSA) is 326 Å². The van der Waals surface area contributed by atoms with Crippen LogP contribution in [0.5, 0.6) is 0 Å². The molecule has 2 aliphatic rings. The molecule has 0 spiro atoms. The van der Waals surface area contributed by atoms with Gasteiger partial charge in [-0.2, -0.15) is 0 Å². The van der Waals surface area contributed by atoms with E-state index in [0.29, 0.717) is 42.6 Å². The zero-order valence-electron chi connectivity index (χ0n) is 70.6. The normalized spacial score (nSPS) is 25.2. The van der Waals surface area contributed by atoms with Crippen LogP contribution in [0.15, 0.2) is 91.0 Å². The Balaban J connectivity index is 1.71. The van der Waals surface area contributed by atoms with E-state index < -0.39 is 174 Å². The van der Waals surface area contributed by atoms with E-state index in [0.717, 1.165) is 38.9 Å². The Morgan fingerprint density at radius 1 is 0.554 bits per heavy atom. The van der Waals surface area contributed by atoms with Gasteiger partial charge in [-0.05, 0) is 121 Å². The van der Waals surface area contributed by atoms with Crippen LogP contribution in [0.2, 0.25) is 0 Å². The Bertz CT molecular complexity index is 3620. The number of aliphatic hydroxyl groups excluding tert-OH is 2. The molecule has 1 unspecified atom stereocenters. The molecule has 0 aliphatic carbocycles. The monoisotopic (exact) mass is 1560 g/mol. The van der Waals surface area contributed by atoms with Crippen LogP contribution in [0.3, 0.4) is 0 Å². The summed E-state index contributed by atoms with van der Waals surface area (Å²) in [6.07, 6.45) is -0.564. The molecule has 622 valence electrons. The molecule has 3 aromatic carbocycles. The van der Waals surface area contributed by atoms with Crippen molar-refractivity contribution in [2.45, 2.75) is 245 Å². The minimum atomic E-state index is -1.84. The number of aliphatic hydroxyl groups is 2. The number of amides is 12. The lowest BCUT2D eigenvalue weighted by molar-refractivity contribution is -0.153. The molecular formula is C84H132N14O14. The number of carbonyl (C=O) groups is 12. The summed E-state index contributed by atoms with van der Waals surface area (Å²) in [7, 11) is 13.1. The van der Waals surface area contributed by atoms with Crippen molar-refractivity contribution in [3.63, 3.8) is 0 Å². The number of piperidine rings is 1. The Labute approximate surface area is 665 Å². The number of likely N-dealkylation sites (N-methyl/N-ethyl adjacent to an activating group) is 9. The summed E-state index contributed by atoms with van der Waals surface area (Å²) in [4.78, 5) is 195. The zero-order valence-corrected chi connectivity index (χ0v) is 70.6. The standard InChI is InChI=1S/C84H132N14O14/c1-23-54(8)70-83(111)96(21)67(45-52(4)5)82(110)97(22)72(53(6)7)76(104)86-63(80(108)95(20)68(48-62-40-32-26-33-41-62)81(109)94(19)65(46-60-36-28-24-29-37-60)74(102)85-56(10)77(105)98-42-34-27-35-43-98)49-69(100)91(16)57(11)78(106)92(17)58(12)79(107)93(18)66(47-61-38-30-25-31-39-61)75(103)88-71(59(13)99)84(112)90(15)55(9)50-89(14)64(44-51(2)3)73(101)87-70/h24-26,28-33,36-41,51-59,63-68,70-72,82,99,110H,23,27,34-35,42-50H2,1-22H3,(H,85,102)(H,86,104)(H,87,101)(H,88,103)/t54-,55-,56-,57+,58-,59+,63-,64-,65-,66-,67-,68-,70-,71-,72-,82?/m0/s1. The molecular weight excluding hydrogens is 1430 g/mol. The van der Waals surface area contributed by atoms with Gasteiger partial charge in [-0.1, -0.05) is 153 Å². The number of hydrogen-bond acceptors (Lipinski definition) is 16. The van der Waals surface area contributed by atoms with Crippen molar-refractivity contribution in [1.29, 1.82) is 0 Å². The molecule has 0 bridgehead atoms. The second kappa shape index (κ2) is 43.4. The molecule has 2 heterocycles. The highest BCUT2D eigenvalue weighted by atomic mass is 16.3. The summed E-state index contributed by atoms with van der Waals surface area (Å²) >= 11 is 0. The van der Waals surface area contributed by atoms with Gasteiger partial charge in [0.25, 0.3) is 0 Å². The van der Waals surface area contributed by atoms with Crippen molar-refractivity contribution in [3.8, 4) is 0 Å². The molecule has 112 heavy (non-hydrogen) atoms. The molecule has 12 amide bonds. The lowest BCUT2D eigenvalue weighted by atomic mass is 9.93. The van der Waals surface area contributed by atoms with E-state index in [1.54, 1.807) is 129 Å². The van der Waals surface area contributed by atoms with Crippen LogP contribution in [0.25, 0.3) is 0 Å². The molecule has 0 aromatic heterocycles. The first-order valence-electron chi connectivity index (χ1n) is 39.8. The van der Waals surface area contributed by atoms with Gasteiger partial charge in [0.2, 0.25) is 70.9 Å². The second-order valence-corrected chi connectivity index (χ2v) is 32.5. The maximum absolute atomic E-state index is 16.1. The summed E-state index contributed by atoms with van der Waals surface area (Å²) < 4.78 is 0. The summed E-state index contributed by atoms with van der Waals surface area (Å²) in [6, 6.07) is 10.5. The van der Waals surface area contributed by atoms with Crippen LogP contribution in [0.4, 0.5) is 0 Å². The fourth-order valence-electron chi connectivity index (χ4n) is 14.9. The van der Waals surface area contributed by atoms with Crippen molar-refractivity contribution in [1.82, 2.24) is 70.3 Å². The van der Waals surface area contributed by atoms with E-state index in [-0.39, 0.29) is 50.0 Å². The lowest BCUT2D eigenvalue weighted by Crippen LogP contribution is -2.63. The van der Waals surface area contributed by atoms with Gasteiger partial charge in [0.1, 0.15) is 60.6 Å². The Kier molecular flexibility index (Phi) is 36.3. The van der Waals surface area contributed by atoms with Crippen LogP contribution in [0.1, 0.15) is 152 Å². The van der Waals surface area contributed by atoms with Crippen LogP contribution >= 0.6 is 0 Å². The van der Waals surface area contributed by atoms with Crippen LogP contribution in [-0.2, 0) is 76.8 Å². The number of nitrogens with zero attached hydrogens (tertiary/aromatic N) is 10. The molecule has 2 aliphatic heterocycles. The fourth-order valence-corrected chi connectivity index (χ4v) is 14.9. The highest BCUT2D eigenvalue weighted by molar-refractivity contribution is 5.99. The lowest BCUT2D eigenvalue weighted by Gasteiger charge is -2.43. The Morgan fingerprint density at radius 2 is 1.04 bits per heavy atom.